The van der Waals surface area contributed by atoms with Crippen molar-refractivity contribution in [1.82, 2.24) is 10.6 Å². The quantitative estimate of drug-likeness (QED) is 0.577. The van der Waals surface area contributed by atoms with Crippen LogP contribution < -0.4 is 10.6 Å². The predicted octanol–water partition coefficient (Wildman–Crippen LogP) is 1.62. The van der Waals surface area contributed by atoms with E-state index in [-0.39, 0.29) is 0 Å². The van der Waals surface area contributed by atoms with E-state index in [4.69, 9.17) is 0 Å². The molecule has 2 heteroatoms. The molecule has 0 atom stereocenters. The van der Waals surface area contributed by atoms with Gasteiger partial charge in [0.2, 0.25) is 0 Å². The summed E-state index contributed by atoms with van der Waals surface area (Å²) in [4.78, 5) is 0. The van der Waals surface area contributed by atoms with Crippen molar-refractivity contribution in [3.8, 4) is 0 Å². The largest absolute Gasteiger partial charge is 0.320 e. The summed E-state index contributed by atoms with van der Waals surface area (Å²) in [5.41, 5.74) is 0. The van der Waals surface area contributed by atoms with Gasteiger partial charge in [-0.1, -0.05) is 20.8 Å². The zero-order valence-electron chi connectivity index (χ0n) is 8.54. The fraction of sp³-hybridized carbons (Fsp3) is 1.00. The number of hydrogen-bond acceptors (Lipinski definition) is 2. The standard InChI is InChI=1S/C7H18N2.C2H6/c1-3-9-7-5-4-6-8-2;1-2/h8-9H,3-7H2,1-2H3;1-2H3. The molecule has 0 unspecified atom stereocenters. The highest BCUT2D eigenvalue weighted by molar-refractivity contribution is 4.46. The second-order valence-corrected chi connectivity index (χ2v) is 2.16. The van der Waals surface area contributed by atoms with Crippen LogP contribution in [0.2, 0.25) is 0 Å². The minimum atomic E-state index is 1.10. The summed E-state index contributed by atoms with van der Waals surface area (Å²) in [6.45, 7) is 9.54. The van der Waals surface area contributed by atoms with Crippen molar-refractivity contribution >= 4 is 0 Å². The smallest absolute Gasteiger partial charge is 0.00486 e. The monoisotopic (exact) mass is 160 g/mol. The molecule has 0 aromatic heterocycles. The average Bonchev–Trinajstić information content (AvgIpc) is 2.08. The third kappa shape index (κ3) is 17.8. The van der Waals surface area contributed by atoms with Gasteiger partial charge in [-0.2, -0.15) is 0 Å². The molecule has 0 aliphatic heterocycles. The molecule has 0 rings (SSSR count). The average molecular weight is 160 g/mol. The summed E-state index contributed by atoms with van der Waals surface area (Å²) in [5.74, 6) is 0. The highest BCUT2D eigenvalue weighted by atomic mass is 14.8. The molecule has 70 valence electrons. The van der Waals surface area contributed by atoms with Gasteiger partial charge in [-0.25, -0.2) is 0 Å². The second-order valence-electron chi connectivity index (χ2n) is 2.16. The van der Waals surface area contributed by atoms with Crippen molar-refractivity contribution < 1.29 is 0 Å². The fourth-order valence-electron chi connectivity index (χ4n) is 0.729. The van der Waals surface area contributed by atoms with Crippen LogP contribution in [0.15, 0.2) is 0 Å². The van der Waals surface area contributed by atoms with Gasteiger partial charge < -0.3 is 10.6 Å². The van der Waals surface area contributed by atoms with Gasteiger partial charge in [0.25, 0.3) is 0 Å². The normalized spacial score (nSPS) is 8.73. The molecular formula is C9H24N2. The molecule has 0 saturated carbocycles. The number of nitrogens with one attached hydrogen (secondary N) is 2. The Balaban J connectivity index is 0. The first kappa shape index (κ1) is 13.5. The molecule has 0 spiro atoms. The highest BCUT2D eigenvalue weighted by Gasteiger charge is 1.83. The molecule has 0 radical (unpaired) electrons. The summed E-state index contributed by atoms with van der Waals surface area (Å²) in [5, 5.41) is 6.40. The summed E-state index contributed by atoms with van der Waals surface area (Å²) < 4.78 is 0. The summed E-state index contributed by atoms with van der Waals surface area (Å²) in [6, 6.07) is 0. The Bertz CT molecular complexity index is 40.8. The molecule has 0 heterocycles. The molecule has 0 aliphatic rings. The maximum absolute atomic E-state index is 3.28. The lowest BCUT2D eigenvalue weighted by molar-refractivity contribution is 0.619. The third-order valence-electron chi connectivity index (χ3n) is 1.28. The van der Waals surface area contributed by atoms with E-state index in [0.29, 0.717) is 0 Å². The van der Waals surface area contributed by atoms with Crippen LogP contribution >= 0.6 is 0 Å². The summed E-state index contributed by atoms with van der Waals surface area (Å²) >= 11 is 0. The SMILES string of the molecule is CC.CCNCCCCNC. The zero-order chi connectivity index (χ0) is 8.95. The molecule has 2 N–H and O–H groups in total. The topological polar surface area (TPSA) is 24.1 Å². The number of unbranched alkanes of at least 4 members (excludes halogenated alkanes) is 1. The summed E-state index contributed by atoms with van der Waals surface area (Å²) in [6.07, 6.45) is 2.57. The zero-order valence-corrected chi connectivity index (χ0v) is 8.54. The van der Waals surface area contributed by atoms with Crippen molar-refractivity contribution in [2.45, 2.75) is 33.6 Å². The van der Waals surface area contributed by atoms with Gasteiger partial charge in [-0.15, -0.1) is 0 Å². The van der Waals surface area contributed by atoms with E-state index >= 15 is 0 Å². The van der Waals surface area contributed by atoms with E-state index < -0.39 is 0 Å². The molecule has 11 heavy (non-hydrogen) atoms. The molecule has 2 nitrogen and oxygen atoms in total. The van der Waals surface area contributed by atoms with Gasteiger partial charge in [-0.05, 0) is 39.5 Å². The first-order valence-corrected chi connectivity index (χ1v) is 4.77. The van der Waals surface area contributed by atoms with Gasteiger partial charge >= 0.3 is 0 Å². The molecule has 0 amide bonds. The van der Waals surface area contributed by atoms with Gasteiger partial charge in [0.05, 0.1) is 0 Å². The summed E-state index contributed by atoms with van der Waals surface area (Å²) in [7, 11) is 1.99. The first-order valence-electron chi connectivity index (χ1n) is 4.77. The minimum Gasteiger partial charge on any atom is -0.320 e. The molecular weight excluding hydrogens is 136 g/mol. The molecule has 0 saturated heterocycles. The number of rotatable bonds is 6. The Morgan fingerprint density at radius 2 is 1.55 bits per heavy atom. The Morgan fingerprint density at radius 1 is 1.00 bits per heavy atom. The van der Waals surface area contributed by atoms with Crippen molar-refractivity contribution in [3.63, 3.8) is 0 Å². The van der Waals surface area contributed by atoms with Gasteiger partial charge in [0, 0.05) is 0 Å². The van der Waals surface area contributed by atoms with E-state index in [2.05, 4.69) is 17.6 Å². The van der Waals surface area contributed by atoms with Crippen LogP contribution in [0, 0.1) is 0 Å². The van der Waals surface area contributed by atoms with E-state index in [9.17, 15) is 0 Å². The van der Waals surface area contributed by atoms with Gasteiger partial charge in [0.1, 0.15) is 0 Å². The fourth-order valence-corrected chi connectivity index (χ4v) is 0.729. The Hall–Kier alpha value is -0.0800. The van der Waals surface area contributed by atoms with E-state index in [1.807, 2.05) is 20.9 Å². The Kier molecular flexibility index (Phi) is 20.2. The van der Waals surface area contributed by atoms with Crippen LogP contribution in [-0.4, -0.2) is 26.7 Å². The molecule has 0 aromatic carbocycles. The molecule has 0 aliphatic carbocycles. The molecule has 0 aromatic rings. The first-order chi connectivity index (χ1) is 5.41. The van der Waals surface area contributed by atoms with Crippen molar-refractivity contribution in [1.29, 1.82) is 0 Å². The van der Waals surface area contributed by atoms with E-state index in [1.165, 1.54) is 12.8 Å². The van der Waals surface area contributed by atoms with Crippen LogP contribution in [0.5, 0.6) is 0 Å². The van der Waals surface area contributed by atoms with Crippen LogP contribution in [0.3, 0.4) is 0 Å². The van der Waals surface area contributed by atoms with Crippen LogP contribution in [0.25, 0.3) is 0 Å². The Morgan fingerprint density at radius 3 is 2.00 bits per heavy atom. The second kappa shape index (κ2) is 16.5. The molecule has 0 fully saturated rings. The van der Waals surface area contributed by atoms with Crippen LogP contribution in [0.1, 0.15) is 33.6 Å². The van der Waals surface area contributed by atoms with Crippen molar-refractivity contribution in [3.05, 3.63) is 0 Å². The van der Waals surface area contributed by atoms with Gasteiger partial charge in [-0.3, -0.25) is 0 Å². The predicted molar refractivity (Wildman–Crippen MR) is 53.1 cm³/mol. The van der Waals surface area contributed by atoms with Crippen LogP contribution in [0.4, 0.5) is 0 Å². The van der Waals surface area contributed by atoms with Gasteiger partial charge in [0.15, 0.2) is 0 Å². The third-order valence-corrected chi connectivity index (χ3v) is 1.28. The van der Waals surface area contributed by atoms with Crippen molar-refractivity contribution in [2.75, 3.05) is 26.7 Å². The maximum Gasteiger partial charge on any atom is -0.00486 e. The van der Waals surface area contributed by atoms with Crippen LogP contribution in [-0.2, 0) is 0 Å². The Labute approximate surface area is 71.8 Å². The maximum atomic E-state index is 3.28. The van der Waals surface area contributed by atoms with E-state index in [1.54, 1.807) is 0 Å². The lowest BCUT2D eigenvalue weighted by atomic mass is 10.3. The molecule has 0 bridgehead atoms. The minimum absolute atomic E-state index is 1.10. The lowest BCUT2D eigenvalue weighted by Crippen LogP contribution is -2.16. The van der Waals surface area contributed by atoms with Crippen molar-refractivity contribution in [2.24, 2.45) is 0 Å². The van der Waals surface area contributed by atoms with E-state index in [0.717, 1.165) is 19.6 Å². The highest BCUT2D eigenvalue weighted by Crippen LogP contribution is 1.82. The lowest BCUT2D eigenvalue weighted by Gasteiger charge is -1.99. The number of hydrogen-bond donors (Lipinski definition) is 2.